The van der Waals surface area contributed by atoms with Gasteiger partial charge in [0, 0.05) is 60.6 Å². The zero-order valence-corrected chi connectivity index (χ0v) is 16.7. The second kappa shape index (κ2) is 7.25. The molecule has 1 aliphatic rings. The fraction of sp³-hybridized carbons (Fsp3) is 0.182. The number of thiazole rings is 1. The van der Waals surface area contributed by atoms with Crippen LogP contribution in [0.25, 0.3) is 21.8 Å². The Hall–Kier alpha value is -3.32. The maximum Gasteiger partial charge on any atom is 0.234 e. The van der Waals surface area contributed by atoms with E-state index in [1.165, 1.54) is 0 Å². The lowest BCUT2D eigenvalue weighted by Gasteiger charge is -2.11. The highest BCUT2D eigenvalue weighted by Crippen LogP contribution is 2.41. The molecular weight excluding hydrogens is 382 g/mol. The molecule has 1 aliphatic heterocycles. The van der Waals surface area contributed by atoms with Gasteiger partial charge in [0.15, 0.2) is 0 Å². The van der Waals surface area contributed by atoms with E-state index in [0.29, 0.717) is 0 Å². The molecule has 0 radical (unpaired) electrons. The van der Waals surface area contributed by atoms with Crippen LogP contribution in [0.15, 0.2) is 66.8 Å². The quantitative estimate of drug-likeness (QED) is 0.502. The molecule has 6 nitrogen and oxygen atoms in total. The molecule has 1 unspecified atom stereocenters. The van der Waals surface area contributed by atoms with Crippen LogP contribution in [0.3, 0.4) is 0 Å². The summed E-state index contributed by atoms with van der Waals surface area (Å²) < 4.78 is 2.01. The second-order valence-electron chi connectivity index (χ2n) is 7.09. The molecule has 0 aliphatic carbocycles. The number of anilines is 1. The molecule has 0 saturated heterocycles. The van der Waals surface area contributed by atoms with E-state index in [0.717, 1.165) is 46.0 Å². The van der Waals surface area contributed by atoms with Gasteiger partial charge in [0.1, 0.15) is 5.01 Å². The lowest BCUT2D eigenvalue weighted by Crippen LogP contribution is -2.24. The molecule has 0 fully saturated rings. The van der Waals surface area contributed by atoms with Gasteiger partial charge < -0.3 is 9.47 Å². The minimum atomic E-state index is -0.143. The Balaban J connectivity index is 1.45. The van der Waals surface area contributed by atoms with Gasteiger partial charge in [-0.1, -0.05) is 6.07 Å². The van der Waals surface area contributed by atoms with Crippen molar-refractivity contribution >= 4 is 22.9 Å². The molecule has 4 aromatic rings. The molecule has 0 bridgehead atoms. The molecule has 0 saturated carbocycles. The van der Waals surface area contributed by atoms with Crippen LogP contribution < -0.4 is 4.90 Å². The van der Waals surface area contributed by atoms with Crippen LogP contribution in [0, 0.1) is 0 Å². The van der Waals surface area contributed by atoms with Crippen molar-refractivity contribution in [3.63, 3.8) is 0 Å². The summed E-state index contributed by atoms with van der Waals surface area (Å²) in [6.07, 6.45) is 9.77. The van der Waals surface area contributed by atoms with Gasteiger partial charge in [0.2, 0.25) is 5.91 Å². The number of aromatic nitrogens is 4. The molecule has 0 spiro atoms. The minimum Gasteiger partial charge on any atom is -0.337 e. The van der Waals surface area contributed by atoms with Crippen LogP contribution in [-0.4, -0.2) is 32.5 Å². The number of pyridine rings is 1. The van der Waals surface area contributed by atoms with Crippen molar-refractivity contribution in [1.82, 2.24) is 19.5 Å². The third-order valence-electron chi connectivity index (χ3n) is 5.36. The summed E-state index contributed by atoms with van der Waals surface area (Å²) in [5.41, 5.74) is 5.09. The first kappa shape index (κ1) is 17.8. The Kier molecular flexibility index (Phi) is 4.44. The molecular formula is C22H19N5OS. The van der Waals surface area contributed by atoms with Crippen molar-refractivity contribution in [3.05, 3.63) is 72.4 Å². The number of nitrogens with zero attached hydrogens (tertiary/aromatic N) is 5. The number of amides is 1. The van der Waals surface area contributed by atoms with Crippen LogP contribution in [0.2, 0.25) is 0 Å². The summed E-state index contributed by atoms with van der Waals surface area (Å²) in [6.45, 7) is 0.761. The molecule has 1 amide bonds. The first-order valence-electron chi connectivity index (χ1n) is 9.44. The summed E-state index contributed by atoms with van der Waals surface area (Å²) in [5, 5.41) is 3.03. The number of benzene rings is 1. The largest absolute Gasteiger partial charge is 0.337 e. The van der Waals surface area contributed by atoms with E-state index in [9.17, 15) is 4.79 Å². The Morgan fingerprint density at radius 1 is 1.07 bits per heavy atom. The molecule has 4 heterocycles. The van der Waals surface area contributed by atoms with E-state index >= 15 is 0 Å². The Morgan fingerprint density at radius 3 is 2.72 bits per heavy atom. The number of likely N-dealkylation sites (N-methyl/N-ethyl adjacent to an activating group) is 1. The third-order valence-corrected chi connectivity index (χ3v) is 6.25. The Labute approximate surface area is 172 Å². The van der Waals surface area contributed by atoms with Crippen molar-refractivity contribution < 1.29 is 4.79 Å². The summed E-state index contributed by atoms with van der Waals surface area (Å²) in [7, 11) is 1.85. The molecule has 0 N–H and O–H groups in total. The van der Waals surface area contributed by atoms with E-state index in [4.69, 9.17) is 4.98 Å². The molecule has 29 heavy (non-hydrogen) atoms. The van der Waals surface area contributed by atoms with Crippen LogP contribution in [0.5, 0.6) is 0 Å². The highest BCUT2D eigenvalue weighted by Gasteiger charge is 2.35. The summed E-state index contributed by atoms with van der Waals surface area (Å²) in [4.78, 5) is 27.6. The molecule has 144 valence electrons. The maximum atomic E-state index is 12.8. The molecule has 5 rings (SSSR count). The first-order chi connectivity index (χ1) is 14.2. The van der Waals surface area contributed by atoms with Crippen molar-refractivity contribution in [2.75, 3.05) is 11.9 Å². The van der Waals surface area contributed by atoms with Crippen LogP contribution in [0.4, 0.5) is 5.69 Å². The van der Waals surface area contributed by atoms with Crippen molar-refractivity contribution in [1.29, 1.82) is 0 Å². The number of carbonyl (C=O) groups is 1. The third kappa shape index (κ3) is 3.23. The number of hydrogen-bond acceptors (Lipinski definition) is 5. The van der Waals surface area contributed by atoms with Crippen LogP contribution in [-0.2, 0) is 11.3 Å². The fourth-order valence-corrected chi connectivity index (χ4v) is 4.63. The SMILES string of the molecule is CN1C(=O)C(CCn2ccnc2)c2cc(-c3csc(-c4ccncc4)n3)ccc21. The van der Waals surface area contributed by atoms with Gasteiger partial charge in [-0.25, -0.2) is 9.97 Å². The predicted molar refractivity (Wildman–Crippen MR) is 114 cm³/mol. The minimum absolute atomic E-state index is 0.143. The zero-order valence-electron chi connectivity index (χ0n) is 15.9. The molecule has 1 aromatic carbocycles. The van der Waals surface area contributed by atoms with E-state index < -0.39 is 0 Å². The average molecular weight is 401 g/mol. The highest BCUT2D eigenvalue weighted by molar-refractivity contribution is 7.13. The summed E-state index contributed by atoms with van der Waals surface area (Å²) in [6, 6.07) is 10.1. The number of fused-ring (bicyclic) bond motifs is 1. The maximum absolute atomic E-state index is 12.8. The van der Waals surface area contributed by atoms with E-state index in [-0.39, 0.29) is 11.8 Å². The number of imidazole rings is 1. The monoisotopic (exact) mass is 401 g/mol. The van der Waals surface area contributed by atoms with Gasteiger partial charge in [-0.05, 0) is 36.2 Å². The van der Waals surface area contributed by atoms with Crippen molar-refractivity contribution in [3.8, 4) is 21.8 Å². The summed E-state index contributed by atoms with van der Waals surface area (Å²) in [5.74, 6) is 0.00340. The van der Waals surface area contributed by atoms with Gasteiger partial charge in [-0.15, -0.1) is 11.3 Å². The Morgan fingerprint density at radius 2 is 1.93 bits per heavy atom. The van der Waals surface area contributed by atoms with Crippen LogP contribution in [0.1, 0.15) is 17.9 Å². The molecule has 3 aromatic heterocycles. The average Bonchev–Trinajstić information content (AvgIpc) is 3.49. The zero-order chi connectivity index (χ0) is 19.8. The molecule has 1 atom stereocenters. The van der Waals surface area contributed by atoms with Gasteiger partial charge in [-0.2, -0.15) is 0 Å². The number of aryl methyl sites for hydroxylation is 1. The normalized spacial score (nSPS) is 15.7. The fourth-order valence-electron chi connectivity index (χ4n) is 3.79. The van der Waals surface area contributed by atoms with Crippen molar-refractivity contribution in [2.45, 2.75) is 18.9 Å². The van der Waals surface area contributed by atoms with Gasteiger partial charge in [-0.3, -0.25) is 9.78 Å². The van der Waals surface area contributed by atoms with E-state index in [1.807, 2.05) is 42.1 Å². The second-order valence-corrected chi connectivity index (χ2v) is 7.94. The lowest BCUT2D eigenvalue weighted by molar-refractivity contribution is -0.119. The first-order valence-corrected chi connectivity index (χ1v) is 10.3. The van der Waals surface area contributed by atoms with Gasteiger partial charge in [0.05, 0.1) is 17.9 Å². The van der Waals surface area contributed by atoms with E-state index in [2.05, 4.69) is 21.4 Å². The number of carbonyl (C=O) groups excluding carboxylic acids is 1. The van der Waals surface area contributed by atoms with Crippen LogP contribution >= 0.6 is 11.3 Å². The topological polar surface area (TPSA) is 63.9 Å². The Bertz CT molecular complexity index is 1150. The number of hydrogen-bond donors (Lipinski definition) is 0. The number of rotatable bonds is 5. The van der Waals surface area contributed by atoms with Gasteiger partial charge >= 0.3 is 0 Å². The van der Waals surface area contributed by atoms with E-state index in [1.54, 1.807) is 41.2 Å². The predicted octanol–water partition coefficient (Wildman–Crippen LogP) is 4.22. The summed E-state index contributed by atoms with van der Waals surface area (Å²) >= 11 is 1.61. The lowest BCUT2D eigenvalue weighted by atomic mass is 9.95. The standard InChI is InChI=1S/C22H19N5OS/c1-26-20-3-2-16(19-13-29-21(25-19)15-4-7-23-8-5-15)12-18(20)17(22(26)28)6-10-27-11-9-24-14-27/h2-5,7-9,11-14,17H,6,10H2,1H3. The van der Waals surface area contributed by atoms with Crippen molar-refractivity contribution in [2.24, 2.45) is 0 Å². The highest BCUT2D eigenvalue weighted by atomic mass is 32.1. The molecule has 7 heteroatoms. The smallest absolute Gasteiger partial charge is 0.234 e. The van der Waals surface area contributed by atoms with Gasteiger partial charge in [0.25, 0.3) is 0 Å².